The van der Waals surface area contributed by atoms with Crippen molar-refractivity contribution in [2.75, 3.05) is 30.4 Å². The summed E-state index contributed by atoms with van der Waals surface area (Å²) in [4.78, 5) is 12.3. The van der Waals surface area contributed by atoms with E-state index >= 15 is 0 Å². The fraction of sp³-hybridized carbons (Fsp3) is 0.308. The van der Waals surface area contributed by atoms with Crippen molar-refractivity contribution in [2.24, 2.45) is 0 Å². The second-order valence-corrected chi connectivity index (χ2v) is 4.60. The average Bonchev–Trinajstić information content (AvgIpc) is 2.47. The molecule has 1 aliphatic heterocycles. The largest absolute Gasteiger partial charge is 0.486 e. The van der Waals surface area contributed by atoms with Crippen LogP contribution in [0.15, 0.2) is 18.2 Å². The Labute approximate surface area is 126 Å². The zero-order chi connectivity index (χ0) is 14.7. The zero-order valence-corrected chi connectivity index (χ0v) is 12.1. The average molecular weight is 308 g/mol. The molecule has 0 unspecified atom stereocenters. The van der Waals surface area contributed by atoms with Gasteiger partial charge in [0.05, 0.1) is 0 Å². The first-order valence-electron chi connectivity index (χ1n) is 6.56. The van der Waals surface area contributed by atoms with Crippen molar-refractivity contribution < 1.29 is 9.47 Å². The van der Waals surface area contributed by atoms with Crippen LogP contribution in [0.3, 0.4) is 0 Å². The van der Waals surface area contributed by atoms with E-state index in [9.17, 15) is 0 Å². The molecule has 0 spiro atoms. The number of nitrogens with one attached hydrogen (secondary N) is 2. The van der Waals surface area contributed by atoms with Gasteiger partial charge in [-0.1, -0.05) is 0 Å². The Bertz CT molecular complexity index is 652. The Hall–Kier alpha value is -2.28. The Balaban J connectivity index is 1.83. The number of hydrogen-bond acceptors (Lipinski definition) is 7. The van der Waals surface area contributed by atoms with E-state index in [1.165, 1.54) is 0 Å². The molecule has 0 saturated carbocycles. The van der Waals surface area contributed by atoms with Crippen molar-refractivity contribution in [3.8, 4) is 11.5 Å². The number of halogens is 1. The lowest BCUT2D eigenvalue weighted by Crippen LogP contribution is -2.15. The summed E-state index contributed by atoms with van der Waals surface area (Å²) in [6, 6.07) is 5.53. The van der Waals surface area contributed by atoms with Gasteiger partial charge in [0.2, 0.25) is 17.2 Å². The standard InChI is InChI=1S/C13H14ClN5O2/c1-2-15-12-17-11(14)18-13(19-12)16-8-3-4-9-10(7-8)21-6-5-20-9/h3-4,7H,2,5-6H2,1H3,(H2,15,16,17,18,19). The van der Waals surface area contributed by atoms with E-state index in [2.05, 4.69) is 25.6 Å². The highest BCUT2D eigenvalue weighted by atomic mass is 35.5. The summed E-state index contributed by atoms with van der Waals surface area (Å²) < 4.78 is 11.0. The number of benzene rings is 1. The molecule has 0 radical (unpaired) electrons. The third kappa shape index (κ3) is 3.25. The number of hydrogen-bond donors (Lipinski definition) is 2. The van der Waals surface area contributed by atoms with Crippen molar-refractivity contribution in [3.05, 3.63) is 23.5 Å². The van der Waals surface area contributed by atoms with Crippen molar-refractivity contribution in [2.45, 2.75) is 6.92 Å². The Morgan fingerprint density at radius 1 is 1.10 bits per heavy atom. The van der Waals surface area contributed by atoms with Gasteiger partial charge in [0.15, 0.2) is 11.5 Å². The van der Waals surface area contributed by atoms with E-state index in [1.807, 2.05) is 25.1 Å². The number of aromatic nitrogens is 3. The third-order valence-corrected chi connectivity index (χ3v) is 2.91. The van der Waals surface area contributed by atoms with Crippen molar-refractivity contribution in [1.29, 1.82) is 0 Å². The van der Waals surface area contributed by atoms with Crippen LogP contribution in [0, 0.1) is 0 Å². The van der Waals surface area contributed by atoms with E-state index in [-0.39, 0.29) is 5.28 Å². The minimum absolute atomic E-state index is 0.126. The number of rotatable bonds is 4. The van der Waals surface area contributed by atoms with E-state index in [1.54, 1.807) is 0 Å². The van der Waals surface area contributed by atoms with Crippen LogP contribution in [-0.2, 0) is 0 Å². The van der Waals surface area contributed by atoms with Gasteiger partial charge in [-0.3, -0.25) is 0 Å². The third-order valence-electron chi connectivity index (χ3n) is 2.74. The van der Waals surface area contributed by atoms with Crippen LogP contribution in [0.2, 0.25) is 5.28 Å². The predicted octanol–water partition coefficient (Wildman–Crippen LogP) is 2.47. The highest BCUT2D eigenvalue weighted by molar-refractivity contribution is 6.28. The SMILES string of the molecule is CCNc1nc(Cl)nc(Nc2ccc3c(c2)OCCO3)n1. The van der Waals surface area contributed by atoms with E-state index in [0.717, 1.165) is 11.4 Å². The number of anilines is 3. The van der Waals surface area contributed by atoms with Gasteiger partial charge in [0.1, 0.15) is 13.2 Å². The normalized spacial score (nSPS) is 12.9. The first-order chi connectivity index (χ1) is 10.2. The molecule has 21 heavy (non-hydrogen) atoms. The van der Waals surface area contributed by atoms with Gasteiger partial charge >= 0.3 is 0 Å². The number of nitrogens with zero attached hydrogens (tertiary/aromatic N) is 3. The number of ether oxygens (including phenoxy) is 2. The van der Waals surface area contributed by atoms with E-state index in [4.69, 9.17) is 21.1 Å². The Morgan fingerprint density at radius 3 is 2.67 bits per heavy atom. The minimum atomic E-state index is 0.126. The zero-order valence-electron chi connectivity index (χ0n) is 11.4. The van der Waals surface area contributed by atoms with Crippen LogP contribution >= 0.6 is 11.6 Å². The molecule has 0 aliphatic carbocycles. The maximum atomic E-state index is 5.88. The summed E-state index contributed by atoms with van der Waals surface area (Å²) in [5.74, 6) is 2.22. The van der Waals surface area contributed by atoms with Crippen LogP contribution in [0.1, 0.15) is 6.92 Å². The molecule has 7 nitrogen and oxygen atoms in total. The topological polar surface area (TPSA) is 81.2 Å². The molecule has 2 N–H and O–H groups in total. The molecule has 110 valence electrons. The molecule has 0 atom stereocenters. The molecule has 1 aromatic carbocycles. The molecule has 0 saturated heterocycles. The van der Waals surface area contributed by atoms with Gasteiger partial charge < -0.3 is 20.1 Å². The van der Waals surface area contributed by atoms with Gasteiger partial charge in [-0.05, 0) is 30.7 Å². The molecule has 1 aromatic heterocycles. The molecule has 0 fully saturated rings. The molecular formula is C13H14ClN5O2. The van der Waals surface area contributed by atoms with E-state index in [0.29, 0.717) is 37.4 Å². The van der Waals surface area contributed by atoms with Gasteiger partial charge in [0, 0.05) is 18.3 Å². The molecule has 3 rings (SSSR count). The summed E-state index contributed by atoms with van der Waals surface area (Å²) in [5.41, 5.74) is 0.781. The van der Waals surface area contributed by atoms with Crippen LogP contribution < -0.4 is 20.1 Å². The van der Waals surface area contributed by atoms with Crippen LogP contribution in [0.5, 0.6) is 11.5 Å². The summed E-state index contributed by atoms with van der Waals surface area (Å²) >= 11 is 5.88. The highest BCUT2D eigenvalue weighted by Crippen LogP contribution is 2.33. The molecule has 8 heteroatoms. The van der Waals surface area contributed by atoms with Gasteiger partial charge in [0.25, 0.3) is 0 Å². The second-order valence-electron chi connectivity index (χ2n) is 4.27. The molecule has 0 amide bonds. The minimum Gasteiger partial charge on any atom is -0.486 e. The summed E-state index contributed by atoms with van der Waals surface area (Å²) in [5, 5.41) is 6.19. The monoisotopic (exact) mass is 307 g/mol. The smallest absolute Gasteiger partial charge is 0.233 e. The maximum Gasteiger partial charge on any atom is 0.233 e. The quantitative estimate of drug-likeness (QED) is 0.898. The van der Waals surface area contributed by atoms with Gasteiger partial charge in [-0.15, -0.1) is 0 Å². The lowest BCUT2D eigenvalue weighted by atomic mass is 10.2. The molecule has 0 bridgehead atoms. The molecule has 2 heterocycles. The molecule has 1 aliphatic rings. The summed E-state index contributed by atoms with van der Waals surface area (Å²) in [6.07, 6.45) is 0. The molecular weight excluding hydrogens is 294 g/mol. The number of fused-ring (bicyclic) bond motifs is 1. The van der Waals surface area contributed by atoms with Crippen LogP contribution in [-0.4, -0.2) is 34.7 Å². The van der Waals surface area contributed by atoms with Crippen LogP contribution in [0.25, 0.3) is 0 Å². The summed E-state index contributed by atoms with van der Waals surface area (Å²) in [6.45, 7) is 3.75. The highest BCUT2D eigenvalue weighted by Gasteiger charge is 2.12. The van der Waals surface area contributed by atoms with Crippen molar-refractivity contribution >= 4 is 29.2 Å². The lowest BCUT2D eigenvalue weighted by Gasteiger charge is -2.19. The van der Waals surface area contributed by atoms with Crippen molar-refractivity contribution in [3.63, 3.8) is 0 Å². The first kappa shape index (κ1) is 13.7. The second kappa shape index (κ2) is 6.01. The maximum absolute atomic E-state index is 5.88. The fourth-order valence-electron chi connectivity index (χ4n) is 1.89. The first-order valence-corrected chi connectivity index (χ1v) is 6.94. The van der Waals surface area contributed by atoms with Crippen LogP contribution in [0.4, 0.5) is 17.6 Å². The predicted molar refractivity (Wildman–Crippen MR) is 79.7 cm³/mol. The molecule has 2 aromatic rings. The fourth-order valence-corrected chi connectivity index (χ4v) is 2.05. The Kier molecular flexibility index (Phi) is 3.92. The van der Waals surface area contributed by atoms with Gasteiger partial charge in [-0.2, -0.15) is 15.0 Å². The van der Waals surface area contributed by atoms with Crippen molar-refractivity contribution in [1.82, 2.24) is 15.0 Å². The summed E-state index contributed by atoms with van der Waals surface area (Å²) in [7, 11) is 0. The Morgan fingerprint density at radius 2 is 1.86 bits per heavy atom. The lowest BCUT2D eigenvalue weighted by molar-refractivity contribution is 0.171. The van der Waals surface area contributed by atoms with Gasteiger partial charge in [-0.25, -0.2) is 0 Å². The van der Waals surface area contributed by atoms with E-state index < -0.39 is 0 Å².